The molecule has 1 unspecified atom stereocenters. The Labute approximate surface area is 137 Å². The van der Waals surface area contributed by atoms with Crippen molar-refractivity contribution < 1.29 is 0 Å². The van der Waals surface area contributed by atoms with E-state index in [0.29, 0.717) is 0 Å². The molecule has 3 nitrogen and oxygen atoms in total. The van der Waals surface area contributed by atoms with Crippen molar-refractivity contribution in [3.05, 3.63) is 70.7 Å². The Kier molecular flexibility index (Phi) is 6.28. The normalized spacial score (nSPS) is 12.8. The zero-order valence-corrected chi connectivity index (χ0v) is 13.8. The van der Waals surface area contributed by atoms with Crippen LogP contribution in [0.5, 0.6) is 0 Å². The molecule has 4 heteroatoms. The highest BCUT2D eigenvalue weighted by Gasteiger charge is 2.06. The Morgan fingerprint density at radius 2 is 1.77 bits per heavy atom. The molecule has 2 rings (SSSR count). The second kappa shape index (κ2) is 8.44. The van der Waals surface area contributed by atoms with Crippen LogP contribution in [0.25, 0.3) is 0 Å². The summed E-state index contributed by atoms with van der Waals surface area (Å²) in [6.45, 7) is 2.95. The Bertz CT molecular complexity index is 593. The minimum Gasteiger partial charge on any atom is -0.356 e. The smallest absolute Gasteiger partial charge is 0.191 e. The van der Waals surface area contributed by atoms with Gasteiger partial charge < -0.3 is 10.6 Å². The summed E-state index contributed by atoms with van der Waals surface area (Å²) in [5.74, 6) is 0.810. The van der Waals surface area contributed by atoms with Gasteiger partial charge in [0.1, 0.15) is 0 Å². The van der Waals surface area contributed by atoms with E-state index < -0.39 is 0 Å². The molecule has 0 saturated heterocycles. The molecule has 0 bridgehead atoms. The largest absolute Gasteiger partial charge is 0.356 e. The van der Waals surface area contributed by atoms with Crippen molar-refractivity contribution in [3.63, 3.8) is 0 Å². The number of aliphatic imine (C=N–C) groups is 1. The van der Waals surface area contributed by atoms with E-state index in [4.69, 9.17) is 11.6 Å². The minimum atomic E-state index is 0.211. The maximum absolute atomic E-state index is 5.89. The van der Waals surface area contributed by atoms with Crippen LogP contribution in [0.1, 0.15) is 24.1 Å². The fraction of sp³-hybridized carbons (Fsp3) is 0.278. The Morgan fingerprint density at radius 1 is 1.09 bits per heavy atom. The van der Waals surface area contributed by atoms with Gasteiger partial charge in [0.05, 0.1) is 6.04 Å². The molecule has 0 saturated carbocycles. The van der Waals surface area contributed by atoms with Crippen molar-refractivity contribution >= 4 is 17.6 Å². The van der Waals surface area contributed by atoms with E-state index in [9.17, 15) is 0 Å². The number of benzene rings is 2. The first-order chi connectivity index (χ1) is 10.7. The van der Waals surface area contributed by atoms with Gasteiger partial charge in [0.2, 0.25) is 0 Å². The first-order valence-electron chi connectivity index (χ1n) is 7.45. The zero-order chi connectivity index (χ0) is 15.8. The Morgan fingerprint density at radius 3 is 2.41 bits per heavy atom. The number of nitrogens with zero attached hydrogens (tertiary/aromatic N) is 1. The SMILES string of the molecule is CN=C(NCCc1ccc(Cl)cc1)NC(C)c1ccccc1. The number of guanidine groups is 1. The van der Waals surface area contributed by atoms with Gasteiger partial charge in [-0.1, -0.05) is 54.1 Å². The molecule has 0 fully saturated rings. The maximum atomic E-state index is 5.89. The van der Waals surface area contributed by atoms with Crippen LogP contribution in [-0.4, -0.2) is 19.6 Å². The number of rotatable bonds is 5. The van der Waals surface area contributed by atoms with Crippen LogP contribution >= 0.6 is 11.6 Å². The first kappa shape index (κ1) is 16.4. The van der Waals surface area contributed by atoms with Crippen molar-refractivity contribution in [1.29, 1.82) is 0 Å². The lowest BCUT2D eigenvalue weighted by atomic mass is 10.1. The summed E-state index contributed by atoms with van der Waals surface area (Å²) in [5, 5.41) is 7.50. The van der Waals surface area contributed by atoms with Crippen LogP contribution in [0, 0.1) is 0 Å². The fourth-order valence-corrected chi connectivity index (χ4v) is 2.33. The lowest BCUT2D eigenvalue weighted by Gasteiger charge is -2.18. The highest BCUT2D eigenvalue weighted by molar-refractivity contribution is 6.30. The third-order valence-electron chi connectivity index (χ3n) is 3.50. The molecule has 2 aromatic rings. The van der Waals surface area contributed by atoms with Crippen molar-refractivity contribution in [1.82, 2.24) is 10.6 Å². The third kappa shape index (κ3) is 5.08. The molecule has 116 valence electrons. The maximum Gasteiger partial charge on any atom is 0.191 e. The van der Waals surface area contributed by atoms with Gasteiger partial charge in [-0.25, -0.2) is 0 Å². The lowest BCUT2D eigenvalue weighted by molar-refractivity contribution is 0.684. The van der Waals surface area contributed by atoms with Gasteiger partial charge in [-0.15, -0.1) is 0 Å². The average Bonchev–Trinajstić information content (AvgIpc) is 2.56. The molecule has 0 aliphatic heterocycles. The molecule has 0 aliphatic rings. The number of hydrogen-bond donors (Lipinski definition) is 2. The predicted octanol–water partition coefficient (Wildman–Crippen LogP) is 3.81. The van der Waals surface area contributed by atoms with Crippen LogP contribution in [0.2, 0.25) is 5.02 Å². The molecule has 2 N–H and O–H groups in total. The first-order valence-corrected chi connectivity index (χ1v) is 7.83. The summed E-state index contributed by atoms with van der Waals surface area (Å²) in [7, 11) is 1.79. The van der Waals surface area contributed by atoms with Crippen LogP contribution in [-0.2, 0) is 6.42 Å². The molecular formula is C18H22ClN3. The van der Waals surface area contributed by atoms with E-state index in [2.05, 4.69) is 34.7 Å². The van der Waals surface area contributed by atoms with E-state index in [0.717, 1.165) is 23.9 Å². The molecule has 1 atom stereocenters. The van der Waals surface area contributed by atoms with Crippen LogP contribution < -0.4 is 10.6 Å². The summed E-state index contributed by atoms with van der Waals surface area (Å²) >= 11 is 5.89. The van der Waals surface area contributed by atoms with E-state index in [1.165, 1.54) is 11.1 Å². The highest BCUT2D eigenvalue weighted by atomic mass is 35.5. The number of halogens is 1. The molecular weight excluding hydrogens is 294 g/mol. The van der Waals surface area contributed by atoms with Gasteiger partial charge in [0.15, 0.2) is 5.96 Å². The summed E-state index contributed by atoms with van der Waals surface area (Å²) < 4.78 is 0. The topological polar surface area (TPSA) is 36.4 Å². The van der Waals surface area contributed by atoms with Gasteiger partial charge in [-0.2, -0.15) is 0 Å². The van der Waals surface area contributed by atoms with Gasteiger partial charge in [0, 0.05) is 18.6 Å². The summed E-state index contributed by atoms with van der Waals surface area (Å²) in [6.07, 6.45) is 0.928. The van der Waals surface area contributed by atoms with Crippen LogP contribution in [0.3, 0.4) is 0 Å². The van der Waals surface area contributed by atoms with Crippen molar-refractivity contribution in [2.24, 2.45) is 4.99 Å². The third-order valence-corrected chi connectivity index (χ3v) is 3.75. The summed E-state index contributed by atoms with van der Waals surface area (Å²) in [5.41, 5.74) is 2.49. The zero-order valence-electron chi connectivity index (χ0n) is 13.0. The van der Waals surface area contributed by atoms with Crippen molar-refractivity contribution in [3.8, 4) is 0 Å². The molecule has 0 aromatic heterocycles. The molecule has 0 amide bonds. The molecule has 22 heavy (non-hydrogen) atoms. The Hall–Kier alpha value is -2.00. The Balaban J connectivity index is 1.81. The second-order valence-corrected chi connectivity index (χ2v) is 5.59. The summed E-state index contributed by atoms with van der Waals surface area (Å²) in [4.78, 5) is 4.27. The fourth-order valence-electron chi connectivity index (χ4n) is 2.20. The molecule has 0 radical (unpaired) electrons. The predicted molar refractivity (Wildman–Crippen MR) is 94.5 cm³/mol. The summed E-state index contributed by atoms with van der Waals surface area (Å²) in [6, 6.07) is 18.5. The molecule has 0 aliphatic carbocycles. The lowest BCUT2D eigenvalue weighted by Crippen LogP contribution is -2.39. The number of nitrogens with one attached hydrogen (secondary N) is 2. The van der Waals surface area contributed by atoms with Gasteiger partial charge in [-0.3, -0.25) is 4.99 Å². The van der Waals surface area contributed by atoms with E-state index in [1.807, 2.05) is 42.5 Å². The van der Waals surface area contributed by atoms with Gasteiger partial charge in [-0.05, 0) is 36.6 Å². The van der Waals surface area contributed by atoms with Crippen molar-refractivity contribution in [2.45, 2.75) is 19.4 Å². The molecule has 0 heterocycles. The van der Waals surface area contributed by atoms with Crippen LogP contribution in [0.15, 0.2) is 59.6 Å². The molecule has 0 spiro atoms. The van der Waals surface area contributed by atoms with E-state index in [-0.39, 0.29) is 6.04 Å². The van der Waals surface area contributed by atoms with E-state index >= 15 is 0 Å². The van der Waals surface area contributed by atoms with Gasteiger partial charge in [0.25, 0.3) is 0 Å². The molecule has 2 aromatic carbocycles. The minimum absolute atomic E-state index is 0.211. The van der Waals surface area contributed by atoms with E-state index in [1.54, 1.807) is 7.05 Å². The monoisotopic (exact) mass is 315 g/mol. The van der Waals surface area contributed by atoms with Crippen LogP contribution in [0.4, 0.5) is 0 Å². The standard InChI is InChI=1S/C18H22ClN3/c1-14(16-6-4-3-5-7-16)22-18(20-2)21-13-12-15-8-10-17(19)11-9-15/h3-11,14H,12-13H2,1-2H3,(H2,20,21,22). The van der Waals surface area contributed by atoms with Gasteiger partial charge >= 0.3 is 0 Å². The number of hydrogen-bond acceptors (Lipinski definition) is 1. The average molecular weight is 316 g/mol. The second-order valence-electron chi connectivity index (χ2n) is 5.15. The van der Waals surface area contributed by atoms with Crippen molar-refractivity contribution in [2.75, 3.05) is 13.6 Å². The quantitative estimate of drug-likeness (QED) is 0.650. The highest BCUT2D eigenvalue weighted by Crippen LogP contribution is 2.11.